The minimum absolute atomic E-state index is 0.140. The van der Waals surface area contributed by atoms with Gasteiger partial charge in [0.1, 0.15) is 0 Å². The number of rotatable bonds is 6. The topological polar surface area (TPSA) is 34.0 Å². The molecule has 0 saturated carbocycles. The van der Waals surface area contributed by atoms with Gasteiger partial charge in [-0.25, -0.2) is 0 Å². The lowest BCUT2D eigenvalue weighted by atomic mass is 10.2. The van der Waals surface area contributed by atoms with Gasteiger partial charge in [-0.15, -0.1) is 0 Å². The van der Waals surface area contributed by atoms with E-state index in [1.165, 1.54) is 10.9 Å². The van der Waals surface area contributed by atoms with Gasteiger partial charge in [-0.3, -0.25) is 4.79 Å². The molecular weight excluding hydrogens is 224 g/mol. The highest BCUT2D eigenvalue weighted by atomic mass is 16.1. The Labute approximate surface area is 108 Å². The first-order valence-corrected chi connectivity index (χ1v) is 6.62. The van der Waals surface area contributed by atoms with E-state index < -0.39 is 0 Å². The monoisotopic (exact) mass is 244 g/mol. The molecule has 0 fully saturated rings. The van der Waals surface area contributed by atoms with Gasteiger partial charge in [0.25, 0.3) is 0 Å². The lowest BCUT2D eigenvalue weighted by Gasteiger charge is -2.06. The van der Waals surface area contributed by atoms with Gasteiger partial charge in [0.05, 0.1) is 0 Å². The molecule has 0 unspecified atom stereocenters. The fourth-order valence-corrected chi connectivity index (χ4v) is 2.05. The maximum Gasteiger partial charge on any atom is 0.221 e. The van der Waals surface area contributed by atoms with Gasteiger partial charge >= 0.3 is 0 Å². The van der Waals surface area contributed by atoms with E-state index in [0.29, 0.717) is 6.42 Å². The minimum Gasteiger partial charge on any atom is -0.356 e. The molecule has 0 aliphatic heterocycles. The standard InChI is InChI=1S/C15H20N2O/c1-2-3-10-16-15(18)9-12-17-11-8-13-6-4-5-7-14(13)17/h4-8,11H,2-3,9-10,12H2,1H3,(H,16,18). The van der Waals surface area contributed by atoms with Crippen molar-refractivity contribution in [3.63, 3.8) is 0 Å². The van der Waals surface area contributed by atoms with Crippen molar-refractivity contribution in [3.05, 3.63) is 36.5 Å². The Bertz CT molecular complexity index is 516. The molecule has 0 aliphatic carbocycles. The van der Waals surface area contributed by atoms with Crippen molar-refractivity contribution in [3.8, 4) is 0 Å². The Morgan fingerprint density at radius 1 is 1.28 bits per heavy atom. The molecule has 0 saturated heterocycles. The number of nitrogens with zero attached hydrogens (tertiary/aromatic N) is 1. The molecule has 0 radical (unpaired) electrons. The number of unbranched alkanes of at least 4 members (excludes halogenated alkanes) is 1. The summed E-state index contributed by atoms with van der Waals surface area (Å²) in [6.45, 7) is 3.66. The van der Waals surface area contributed by atoms with Gasteiger partial charge in [-0.05, 0) is 23.9 Å². The number of carbonyl (C=O) groups excluding carboxylic acids is 1. The molecule has 0 aliphatic rings. The molecule has 96 valence electrons. The Hall–Kier alpha value is -1.77. The molecule has 2 aromatic rings. The van der Waals surface area contributed by atoms with Crippen LogP contribution in [0.25, 0.3) is 10.9 Å². The minimum atomic E-state index is 0.140. The van der Waals surface area contributed by atoms with Crippen LogP contribution >= 0.6 is 0 Å². The van der Waals surface area contributed by atoms with Crippen molar-refractivity contribution in [2.45, 2.75) is 32.7 Å². The van der Waals surface area contributed by atoms with Gasteiger partial charge in [0, 0.05) is 31.2 Å². The summed E-state index contributed by atoms with van der Waals surface area (Å²) in [5, 5.41) is 4.17. The Balaban J connectivity index is 1.88. The lowest BCUT2D eigenvalue weighted by Crippen LogP contribution is -2.25. The van der Waals surface area contributed by atoms with Crippen LogP contribution < -0.4 is 5.32 Å². The zero-order valence-corrected chi connectivity index (χ0v) is 10.9. The number of hydrogen-bond acceptors (Lipinski definition) is 1. The number of amides is 1. The Morgan fingerprint density at radius 2 is 2.11 bits per heavy atom. The zero-order chi connectivity index (χ0) is 12.8. The van der Waals surface area contributed by atoms with Crippen molar-refractivity contribution in [2.24, 2.45) is 0 Å². The molecule has 3 nitrogen and oxygen atoms in total. The van der Waals surface area contributed by atoms with E-state index in [2.05, 4.69) is 35.0 Å². The van der Waals surface area contributed by atoms with Gasteiger partial charge < -0.3 is 9.88 Å². The number of aromatic nitrogens is 1. The van der Waals surface area contributed by atoms with Gasteiger partial charge in [0.15, 0.2) is 0 Å². The second kappa shape index (κ2) is 6.24. The third kappa shape index (κ3) is 3.13. The first-order chi connectivity index (χ1) is 8.81. The number of fused-ring (bicyclic) bond motifs is 1. The van der Waals surface area contributed by atoms with Crippen molar-refractivity contribution in [2.75, 3.05) is 6.54 Å². The summed E-state index contributed by atoms with van der Waals surface area (Å²) in [6, 6.07) is 10.3. The van der Waals surface area contributed by atoms with Crippen LogP contribution in [0.15, 0.2) is 36.5 Å². The third-order valence-electron chi connectivity index (χ3n) is 3.11. The molecule has 18 heavy (non-hydrogen) atoms. The summed E-state index contributed by atoms with van der Waals surface area (Å²) in [7, 11) is 0. The average Bonchev–Trinajstić information content (AvgIpc) is 2.80. The van der Waals surface area contributed by atoms with E-state index in [1.807, 2.05) is 18.3 Å². The maximum absolute atomic E-state index is 11.6. The van der Waals surface area contributed by atoms with Crippen LogP contribution in [0.2, 0.25) is 0 Å². The van der Waals surface area contributed by atoms with Crippen LogP contribution in [0.1, 0.15) is 26.2 Å². The molecule has 0 bridgehead atoms. The van der Waals surface area contributed by atoms with Crippen LogP contribution in [0.5, 0.6) is 0 Å². The third-order valence-corrected chi connectivity index (χ3v) is 3.11. The van der Waals surface area contributed by atoms with Crippen LogP contribution in [0.3, 0.4) is 0 Å². The van der Waals surface area contributed by atoms with Gasteiger partial charge in [0.2, 0.25) is 5.91 Å². The van der Waals surface area contributed by atoms with Gasteiger partial charge in [-0.2, -0.15) is 0 Å². The number of carbonyl (C=O) groups is 1. The number of benzene rings is 1. The summed E-state index contributed by atoms with van der Waals surface area (Å²) in [5.41, 5.74) is 1.19. The number of aryl methyl sites for hydroxylation is 1. The molecule has 1 amide bonds. The maximum atomic E-state index is 11.6. The van der Waals surface area contributed by atoms with Crippen LogP contribution in [-0.2, 0) is 11.3 Å². The SMILES string of the molecule is CCCCNC(=O)CCn1ccc2ccccc21. The largest absolute Gasteiger partial charge is 0.356 e. The molecule has 1 aromatic heterocycles. The second-order valence-corrected chi connectivity index (χ2v) is 4.52. The first kappa shape index (κ1) is 12.7. The molecule has 1 N–H and O–H groups in total. The smallest absolute Gasteiger partial charge is 0.221 e. The van der Waals surface area contributed by atoms with Crippen LogP contribution in [0.4, 0.5) is 0 Å². The van der Waals surface area contributed by atoms with Crippen LogP contribution in [0, 0.1) is 0 Å². The van der Waals surface area contributed by atoms with E-state index in [1.54, 1.807) is 0 Å². The summed E-state index contributed by atoms with van der Waals surface area (Å²) >= 11 is 0. The van der Waals surface area contributed by atoms with Crippen molar-refractivity contribution in [1.29, 1.82) is 0 Å². The van der Waals surface area contributed by atoms with Crippen molar-refractivity contribution < 1.29 is 4.79 Å². The number of nitrogens with one attached hydrogen (secondary N) is 1. The highest BCUT2D eigenvalue weighted by Crippen LogP contribution is 2.15. The second-order valence-electron chi connectivity index (χ2n) is 4.52. The lowest BCUT2D eigenvalue weighted by molar-refractivity contribution is -0.121. The van der Waals surface area contributed by atoms with E-state index in [-0.39, 0.29) is 5.91 Å². The van der Waals surface area contributed by atoms with Crippen molar-refractivity contribution in [1.82, 2.24) is 9.88 Å². The van der Waals surface area contributed by atoms with E-state index in [0.717, 1.165) is 25.9 Å². The summed E-state index contributed by atoms with van der Waals surface area (Å²) in [5.74, 6) is 0.140. The molecule has 3 heteroatoms. The quantitative estimate of drug-likeness (QED) is 0.779. The predicted molar refractivity (Wildman–Crippen MR) is 74.5 cm³/mol. The summed E-state index contributed by atoms with van der Waals surface area (Å²) < 4.78 is 2.13. The van der Waals surface area contributed by atoms with E-state index in [9.17, 15) is 4.79 Å². The fraction of sp³-hybridized carbons (Fsp3) is 0.400. The molecule has 0 spiro atoms. The number of para-hydroxylation sites is 1. The molecule has 0 atom stereocenters. The summed E-state index contributed by atoms with van der Waals surface area (Å²) in [6.07, 6.45) is 4.76. The molecule has 1 heterocycles. The number of hydrogen-bond donors (Lipinski definition) is 1. The average molecular weight is 244 g/mol. The highest BCUT2D eigenvalue weighted by Gasteiger charge is 2.03. The molecular formula is C15H20N2O. The first-order valence-electron chi connectivity index (χ1n) is 6.62. The Morgan fingerprint density at radius 3 is 2.94 bits per heavy atom. The zero-order valence-electron chi connectivity index (χ0n) is 10.9. The van der Waals surface area contributed by atoms with E-state index in [4.69, 9.17) is 0 Å². The fourth-order valence-electron chi connectivity index (χ4n) is 2.05. The van der Waals surface area contributed by atoms with Gasteiger partial charge in [-0.1, -0.05) is 31.5 Å². The predicted octanol–water partition coefficient (Wildman–Crippen LogP) is 2.95. The Kier molecular flexibility index (Phi) is 4.40. The normalized spacial score (nSPS) is 10.7. The van der Waals surface area contributed by atoms with E-state index >= 15 is 0 Å². The molecule has 1 aromatic carbocycles. The molecule has 2 rings (SSSR count). The van der Waals surface area contributed by atoms with Crippen molar-refractivity contribution >= 4 is 16.8 Å². The summed E-state index contributed by atoms with van der Waals surface area (Å²) in [4.78, 5) is 11.6. The van der Waals surface area contributed by atoms with Crippen LogP contribution in [-0.4, -0.2) is 17.0 Å². The highest BCUT2D eigenvalue weighted by molar-refractivity contribution is 5.80.